The van der Waals surface area contributed by atoms with Gasteiger partial charge in [0.2, 0.25) is 5.91 Å². The van der Waals surface area contributed by atoms with Gasteiger partial charge in [0, 0.05) is 44.6 Å². The Balaban J connectivity index is 1.46. The van der Waals surface area contributed by atoms with Crippen molar-refractivity contribution in [3.8, 4) is 0 Å². The first-order chi connectivity index (χ1) is 12.7. The van der Waals surface area contributed by atoms with Gasteiger partial charge in [-0.3, -0.25) is 9.48 Å². The van der Waals surface area contributed by atoms with Crippen molar-refractivity contribution in [2.75, 3.05) is 31.1 Å². The van der Waals surface area contributed by atoms with Crippen LogP contribution in [0.1, 0.15) is 36.3 Å². The molecule has 2 aliphatic rings. The number of nitrogens with zero attached hydrogens (tertiary/aromatic N) is 7. The van der Waals surface area contributed by atoms with E-state index in [-0.39, 0.29) is 5.91 Å². The Morgan fingerprint density at radius 3 is 2.69 bits per heavy atom. The van der Waals surface area contributed by atoms with Crippen LogP contribution < -0.4 is 4.90 Å². The fourth-order valence-electron chi connectivity index (χ4n) is 3.86. The third-order valence-electron chi connectivity index (χ3n) is 5.21. The molecule has 0 saturated carbocycles. The molecule has 2 aromatic heterocycles. The van der Waals surface area contributed by atoms with Crippen LogP contribution in [0.5, 0.6) is 0 Å². The summed E-state index contributed by atoms with van der Waals surface area (Å²) in [5.41, 5.74) is 2.36. The number of rotatable bonds is 4. The molecule has 1 amide bonds. The molecule has 2 aromatic rings. The smallest absolute Gasteiger partial charge is 0.224 e. The number of aromatic nitrogens is 5. The van der Waals surface area contributed by atoms with Crippen molar-refractivity contribution in [3.63, 3.8) is 0 Å². The molecule has 0 bridgehead atoms. The van der Waals surface area contributed by atoms with E-state index in [1.165, 1.54) is 24.7 Å². The van der Waals surface area contributed by atoms with Gasteiger partial charge in [0.25, 0.3) is 0 Å². The third-order valence-corrected chi connectivity index (χ3v) is 5.21. The zero-order valence-corrected chi connectivity index (χ0v) is 15.3. The van der Waals surface area contributed by atoms with Crippen LogP contribution in [0.2, 0.25) is 0 Å². The second kappa shape index (κ2) is 7.39. The molecule has 0 aliphatic carbocycles. The Hall–Kier alpha value is -2.51. The Labute approximate surface area is 153 Å². The number of anilines is 1. The van der Waals surface area contributed by atoms with Gasteiger partial charge in [-0.1, -0.05) is 0 Å². The zero-order chi connectivity index (χ0) is 17.9. The number of amides is 1. The molecule has 4 heterocycles. The van der Waals surface area contributed by atoms with Crippen molar-refractivity contribution in [3.05, 3.63) is 29.7 Å². The molecule has 26 heavy (non-hydrogen) atoms. The van der Waals surface area contributed by atoms with Crippen LogP contribution in [-0.2, 0) is 24.2 Å². The molecular weight excluding hydrogens is 330 g/mol. The van der Waals surface area contributed by atoms with Gasteiger partial charge in [-0.25, -0.2) is 15.0 Å². The SMILES string of the molecule is Cc1nc2c(c(N3CCCC3)n1)CCN(C(=O)CCn1cncn1)CC2. The minimum Gasteiger partial charge on any atom is -0.356 e. The lowest BCUT2D eigenvalue weighted by atomic mass is 10.1. The first kappa shape index (κ1) is 16.9. The molecule has 0 N–H and O–H groups in total. The number of fused-ring (bicyclic) bond motifs is 1. The van der Waals surface area contributed by atoms with Crippen molar-refractivity contribution in [2.24, 2.45) is 0 Å². The molecule has 0 aromatic carbocycles. The predicted molar refractivity (Wildman–Crippen MR) is 96.8 cm³/mol. The second-order valence-electron chi connectivity index (χ2n) is 7.00. The highest BCUT2D eigenvalue weighted by Gasteiger charge is 2.25. The van der Waals surface area contributed by atoms with Gasteiger partial charge < -0.3 is 9.80 Å². The molecule has 1 saturated heterocycles. The van der Waals surface area contributed by atoms with Gasteiger partial charge in [-0.2, -0.15) is 5.10 Å². The largest absolute Gasteiger partial charge is 0.356 e. The molecule has 138 valence electrons. The van der Waals surface area contributed by atoms with Crippen LogP contribution >= 0.6 is 0 Å². The Bertz CT molecular complexity index is 768. The normalized spacial score (nSPS) is 17.3. The Morgan fingerprint density at radius 2 is 1.92 bits per heavy atom. The van der Waals surface area contributed by atoms with E-state index in [1.807, 2.05) is 11.8 Å². The van der Waals surface area contributed by atoms with Crippen molar-refractivity contribution in [2.45, 2.75) is 45.6 Å². The van der Waals surface area contributed by atoms with Crippen LogP contribution in [0.15, 0.2) is 12.7 Å². The number of carbonyl (C=O) groups excluding carboxylic acids is 1. The first-order valence-corrected chi connectivity index (χ1v) is 9.42. The van der Waals surface area contributed by atoms with Gasteiger partial charge in [0.1, 0.15) is 24.3 Å². The van der Waals surface area contributed by atoms with Gasteiger partial charge in [-0.05, 0) is 26.2 Å². The first-order valence-electron chi connectivity index (χ1n) is 9.42. The van der Waals surface area contributed by atoms with Crippen LogP contribution in [-0.4, -0.2) is 61.7 Å². The number of aryl methyl sites for hydroxylation is 2. The monoisotopic (exact) mass is 355 g/mol. The van der Waals surface area contributed by atoms with E-state index in [9.17, 15) is 4.79 Å². The molecule has 0 atom stereocenters. The number of hydrogen-bond acceptors (Lipinski definition) is 6. The molecule has 0 unspecified atom stereocenters. The van der Waals surface area contributed by atoms with Gasteiger partial charge >= 0.3 is 0 Å². The average molecular weight is 355 g/mol. The number of hydrogen-bond donors (Lipinski definition) is 0. The average Bonchev–Trinajstić information content (AvgIpc) is 3.30. The molecule has 2 aliphatic heterocycles. The predicted octanol–water partition coefficient (Wildman–Crippen LogP) is 0.994. The quantitative estimate of drug-likeness (QED) is 0.814. The molecular formula is C18H25N7O. The molecule has 0 spiro atoms. The van der Waals surface area contributed by atoms with Crippen LogP contribution in [0.25, 0.3) is 0 Å². The third kappa shape index (κ3) is 3.54. The summed E-state index contributed by atoms with van der Waals surface area (Å²) in [6.07, 6.45) is 7.67. The van der Waals surface area contributed by atoms with E-state index < -0.39 is 0 Å². The van der Waals surface area contributed by atoms with E-state index in [2.05, 4.69) is 20.0 Å². The van der Waals surface area contributed by atoms with Crippen molar-refractivity contribution in [1.29, 1.82) is 0 Å². The summed E-state index contributed by atoms with van der Waals surface area (Å²) in [6, 6.07) is 0. The highest BCUT2D eigenvalue weighted by atomic mass is 16.2. The molecule has 8 nitrogen and oxygen atoms in total. The van der Waals surface area contributed by atoms with E-state index in [0.717, 1.165) is 56.4 Å². The maximum absolute atomic E-state index is 12.6. The summed E-state index contributed by atoms with van der Waals surface area (Å²) in [4.78, 5) is 30.3. The topological polar surface area (TPSA) is 80.0 Å². The molecule has 1 fully saturated rings. The maximum atomic E-state index is 12.6. The minimum atomic E-state index is 0.167. The fourth-order valence-corrected chi connectivity index (χ4v) is 3.86. The van der Waals surface area contributed by atoms with Gasteiger partial charge in [0.05, 0.1) is 12.2 Å². The van der Waals surface area contributed by atoms with E-state index >= 15 is 0 Å². The Kier molecular flexibility index (Phi) is 4.81. The standard InChI is InChI=1S/C18H25N7O/c1-14-21-16-5-10-23(17(26)6-11-25-13-19-12-20-25)9-4-15(16)18(22-14)24-7-2-3-8-24/h12-13H,2-11H2,1H3. The van der Waals surface area contributed by atoms with Crippen LogP contribution in [0.3, 0.4) is 0 Å². The minimum absolute atomic E-state index is 0.167. The summed E-state index contributed by atoms with van der Waals surface area (Å²) >= 11 is 0. The lowest BCUT2D eigenvalue weighted by molar-refractivity contribution is -0.131. The highest BCUT2D eigenvalue weighted by molar-refractivity contribution is 5.76. The van der Waals surface area contributed by atoms with Crippen molar-refractivity contribution >= 4 is 11.7 Å². The fraction of sp³-hybridized carbons (Fsp3) is 0.611. The van der Waals surface area contributed by atoms with Crippen molar-refractivity contribution < 1.29 is 4.79 Å². The lowest BCUT2D eigenvalue weighted by Gasteiger charge is -2.22. The van der Waals surface area contributed by atoms with Crippen LogP contribution in [0.4, 0.5) is 5.82 Å². The summed E-state index contributed by atoms with van der Waals surface area (Å²) in [7, 11) is 0. The van der Waals surface area contributed by atoms with E-state index in [1.54, 1.807) is 11.0 Å². The van der Waals surface area contributed by atoms with Crippen LogP contribution in [0, 0.1) is 6.92 Å². The summed E-state index contributed by atoms with van der Waals surface area (Å²) in [5.74, 6) is 2.10. The van der Waals surface area contributed by atoms with E-state index in [4.69, 9.17) is 4.98 Å². The summed E-state index contributed by atoms with van der Waals surface area (Å²) in [6.45, 7) is 6.13. The Morgan fingerprint density at radius 1 is 1.12 bits per heavy atom. The second-order valence-corrected chi connectivity index (χ2v) is 7.00. The molecule has 8 heteroatoms. The van der Waals surface area contributed by atoms with Gasteiger partial charge in [-0.15, -0.1) is 0 Å². The number of carbonyl (C=O) groups is 1. The zero-order valence-electron chi connectivity index (χ0n) is 15.3. The highest BCUT2D eigenvalue weighted by Crippen LogP contribution is 2.27. The van der Waals surface area contributed by atoms with Crippen molar-refractivity contribution in [1.82, 2.24) is 29.6 Å². The summed E-state index contributed by atoms with van der Waals surface area (Å²) < 4.78 is 1.70. The van der Waals surface area contributed by atoms with Gasteiger partial charge in [0.15, 0.2) is 0 Å². The molecule has 4 rings (SSSR count). The molecule has 0 radical (unpaired) electrons. The maximum Gasteiger partial charge on any atom is 0.224 e. The van der Waals surface area contributed by atoms with E-state index in [0.29, 0.717) is 13.0 Å². The lowest BCUT2D eigenvalue weighted by Crippen LogP contribution is -2.34. The summed E-state index contributed by atoms with van der Waals surface area (Å²) in [5, 5.41) is 4.06.